The molecule has 1 aliphatic carbocycles. The summed E-state index contributed by atoms with van der Waals surface area (Å²) in [7, 11) is 6.59. The molecule has 0 aromatic carbocycles. The number of hydrogen-bond donors (Lipinski definition) is 1. The lowest BCUT2D eigenvalue weighted by Gasteiger charge is -2.39. The van der Waals surface area contributed by atoms with Gasteiger partial charge in [0, 0.05) is 41.7 Å². The molecular weight excluding hydrogens is 369 g/mol. The van der Waals surface area contributed by atoms with Gasteiger partial charge in [0.2, 0.25) is 5.95 Å². The van der Waals surface area contributed by atoms with Crippen molar-refractivity contribution in [2.75, 3.05) is 24.7 Å². The Bertz CT molecular complexity index is 925. The van der Waals surface area contributed by atoms with Gasteiger partial charge in [-0.2, -0.15) is 4.98 Å². The molecule has 2 radical (unpaired) electrons. The Kier molecular flexibility index (Phi) is 5.44. The number of anilines is 1. The second kappa shape index (κ2) is 7.71. The summed E-state index contributed by atoms with van der Waals surface area (Å²) < 4.78 is 4.23. The van der Waals surface area contributed by atoms with Crippen molar-refractivity contribution in [3.8, 4) is 0 Å². The molecule has 8 heteroatoms. The van der Waals surface area contributed by atoms with E-state index in [2.05, 4.69) is 27.8 Å². The van der Waals surface area contributed by atoms with Crippen molar-refractivity contribution in [2.45, 2.75) is 57.4 Å². The van der Waals surface area contributed by atoms with E-state index in [1.54, 1.807) is 11.9 Å². The molecule has 1 saturated carbocycles. The molecule has 2 unspecified atom stereocenters. The molecule has 4 rings (SSSR count). The predicted octanol–water partition coefficient (Wildman–Crippen LogP) is 3.11. The standard InChI is InChI=1S/C20H28BN5OS/c1-13-5-4-6-16(13)26-17-15(11-14(2)18(26)27)12-22-19(23-17)24-20(21)7-9-25(28-3)10-8-20/h11-13,16H,4-10H2,1-3H3,(H,22,23,24). The normalized spacial score (nSPS) is 25.2. The van der Waals surface area contributed by atoms with Crippen LogP contribution in [-0.2, 0) is 0 Å². The molecule has 2 fully saturated rings. The molecule has 2 atom stereocenters. The van der Waals surface area contributed by atoms with E-state index in [4.69, 9.17) is 12.8 Å². The molecular formula is C20H28BN5OS. The van der Waals surface area contributed by atoms with Crippen LogP contribution in [0.5, 0.6) is 0 Å². The zero-order valence-electron chi connectivity index (χ0n) is 16.9. The number of piperidine rings is 1. The first-order valence-corrected chi connectivity index (χ1v) is 11.3. The van der Waals surface area contributed by atoms with Gasteiger partial charge in [0.15, 0.2) is 0 Å². The summed E-state index contributed by atoms with van der Waals surface area (Å²) in [6, 6.07) is 2.10. The lowest BCUT2D eigenvalue weighted by molar-refractivity contribution is 0.333. The molecule has 0 bridgehead atoms. The summed E-state index contributed by atoms with van der Waals surface area (Å²) in [6.07, 6.45) is 8.90. The second-order valence-corrected chi connectivity index (χ2v) is 9.22. The van der Waals surface area contributed by atoms with Gasteiger partial charge in [-0.15, -0.1) is 0 Å². The highest BCUT2D eigenvalue weighted by Crippen LogP contribution is 2.36. The highest BCUT2D eigenvalue weighted by atomic mass is 32.2. The summed E-state index contributed by atoms with van der Waals surface area (Å²) in [5.41, 5.74) is 1.01. The minimum atomic E-state index is -0.517. The van der Waals surface area contributed by atoms with E-state index >= 15 is 0 Å². The molecule has 2 aromatic heterocycles. The molecule has 0 amide bonds. The molecule has 1 saturated heterocycles. The van der Waals surface area contributed by atoms with Crippen LogP contribution in [0.25, 0.3) is 11.0 Å². The average Bonchev–Trinajstić information content (AvgIpc) is 3.09. The molecule has 148 valence electrons. The first-order chi connectivity index (χ1) is 13.4. The number of pyridine rings is 1. The summed E-state index contributed by atoms with van der Waals surface area (Å²) in [4.78, 5) is 22.3. The van der Waals surface area contributed by atoms with Crippen molar-refractivity contribution >= 4 is 36.8 Å². The highest BCUT2D eigenvalue weighted by molar-refractivity contribution is 7.96. The fraction of sp³-hybridized carbons (Fsp3) is 0.650. The number of nitrogens with zero attached hydrogens (tertiary/aromatic N) is 4. The van der Waals surface area contributed by atoms with Crippen molar-refractivity contribution in [3.63, 3.8) is 0 Å². The van der Waals surface area contributed by atoms with Crippen LogP contribution in [0.2, 0.25) is 0 Å². The number of hydrogen-bond acceptors (Lipinski definition) is 6. The second-order valence-electron chi connectivity index (χ2n) is 8.34. The molecule has 2 aliphatic rings. The largest absolute Gasteiger partial charge is 0.357 e. The van der Waals surface area contributed by atoms with Crippen LogP contribution in [0.4, 0.5) is 5.95 Å². The van der Waals surface area contributed by atoms with Crippen molar-refractivity contribution < 1.29 is 0 Å². The van der Waals surface area contributed by atoms with Crippen molar-refractivity contribution in [2.24, 2.45) is 5.92 Å². The average molecular weight is 397 g/mol. The summed E-state index contributed by atoms with van der Waals surface area (Å²) >= 11 is 1.75. The third kappa shape index (κ3) is 3.68. The minimum absolute atomic E-state index is 0.0617. The molecule has 28 heavy (non-hydrogen) atoms. The van der Waals surface area contributed by atoms with Crippen molar-refractivity contribution in [1.82, 2.24) is 18.8 Å². The zero-order valence-corrected chi connectivity index (χ0v) is 17.8. The third-order valence-electron chi connectivity index (χ3n) is 6.33. The van der Waals surface area contributed by atoms with Crippen molar-refractivity contribution in [1.29, 1.82) is 0 Å². The van der Waals surface area contributed by atoms with E-state index in [-0.39, 0.29) is 11.6 Å². The molecule has 1 aliphatic heterocycles. The first kappa shape index (κ1) is 19.8. The molecule has 3 heterocycles. The Labute approximate surface area is 172 Å². The van der Waals surface area contributed by atoms with Gasteiger partial charge in [0.25, 0.3) is 5.56 Å². The Morgan fingerprint density at radius 2 is 2.07 bits per heavy atom. The van der Waals surface area contributed by atoms with Gasteiger partial charge in [0.05, 0.1) is 0 Å². The number of rotatable bonds is 4. The summed E-state index contributed by atoms with van der Waals surface area (Å²) in [5, 5.41) is 4.27. The lowest BCUT2D eigenvalue weighted by atomic mass is 9.71. The van der Waals surface area contributed by atoms with E-state index in [0.717, 1.165) is 61.8 Å². The van der Waals surface area contributed by atoms with Crippen LogP contribution in [0.3, 0.4) is 0 Å². The Morgan fingerprint density at radius 1 is 1.32 bits per heavy atom. The fourth-order valence-electron chi connectivity index (χ4n) is 4.55. The molecule has 0 spiro atoms. The Hall–Kier alpha value is -1.54. The summed E-state index contributed by atoms with van der Waals surface area (Å²) in [5.74, 6) is 0.987. The Morgan fingerprint density at radius 3 is 2.71 bits per heavy atom. The van der Waals surface area contributed by atoms with Gasteiger partial charge in [0.1, 0.15) is 13.5 Å². The summed E-state index contributed by atoms with van der Waals surface area (Å²) in [6.45, 7) is 5.97. The number of aromatic nitrogens is 3. The van der Waals surface area contributed by atoms with Crippen LogP contribution >= 0.6 is 11.9 Å². The smallest absolute Gasteiger partial charge is 0.255 e. The SMILES string of the molecule is [B]C1(Nc2ncc3cc(C)c(=O)n(C4CCCC4C)c3n2)CCN(SC)CC1. The van der Waals surface area contributed by atoms with E-state index in [0.29, 0.717) is 11.9 Å². The van der Waals surface area contributed by atoms with E-state index < -0.39 is 5.44 Å². The lowest BCUT2D eigenvalue weighted by Crippen LogP contribution is -2.48. The fourth-order valence-corrected chi connectivity index (χ4v) is 5.10. The van der Waals surface area contributed by atoms with E-state index in [9.17, 15) is 4.79 Å². The highest BCUT2D eigenvalue weighted by Gasteiger charge is 2.31. The molecule has 6 nitrogen and oxygen atoms in total. The van der Waals surface area contributed by atoms with Gasteiger partial charge >= 0.3 is 0 Å². The van der Waals surface area contributed by atoms with Crippen LogP contribution in [-0.4, -0.2) is 51.5 Å². The first-order valence-electron chi connectivity index (χ1n) is 10.2. The Balaban J connectivity index is 1.70. The maximum absolute atomic E-state index is 13.0. The van der Waals surface area contributed by atoms with Gasteiger partial charge in [-0.05, 0) is 50.8 Å². The van der Waals surface area contributed by atoms with Gasteiger partial charge in [-0.1, -0.05) is 25.3 Å². The van der Waals surface area contributed by atoms with Crippen LogP contribution in [0.15, 0.2) is 17.1 Å². The van der Waals surface area contributed by atoms with Crippen molar-refractivity contribution in [3.05, 3.63) is 28.2 Å². The number of aryl methyl sites for hydroxylation is 1. The molecule has 2 aromatic rings. The van der Waals surface area contributed by atoms with E-state index in [1.807, 2.05) is 23.8 Å². The number of nitrogens with one attached hydrogen (secondary N) is 1. The van der Waals surface area contributed by atoms with Crippen LogP contribution < -0.4 is 10.9 Å². The maximum atomic E-state index is 13.0. The predicted molar refractivity (Wildman–Crippen MR) is 117 cm³/mol. The molecule has 1 N–H and O–H groups in total. The van der Waals surface area contributed by atoms with Gasteiger partial charge < -0.3 is 5.32 Å². The monoisotopic (exact) mass is 397 g/mol. The minimum Gasteiger partial charge on any atom is -0.357 e. The van der Waals surface area contributed by atoms with Gasteiger partial charge in [-0.3, -0.25) is 13.7 Å². The zero-order chi connectivity index (χ0) is 19.9. The van der Waals surface area contributed by atoms with Gasteiger partial charge in [-0.25, -0.2) is 4.98 Å². The quantitative estimate of drug-likeness (QED) is 0.632. The topological polar surface area (TPSA) is 63.1 Å². The van der Waals surface area contributed by atoms with Crippen LogP contribution in [0, 0.1) is 12.8 Å². The third-order valence-corrected chi connectivity index (χ3v) is 7.22. The maximum Gasteiger partial charge on any atom is 0.255 e. The van der Waals surface area contributed by atoms with Crippen LogP contribution in [0.1, 0.15) is 50.6 Å². The number of fused-ring (bicyclic) bond motifs is 1. The van der Waals surface area contributed by atoms with E-state index in [1.165, 1.54) is 0 Å².